The summed E-state index contributed by atoms with van der Waals surface area (Å²) in [6.07, 6.45) is 5.44. The number of hydrogen-bond donors (Lipinski definition) is 1. The number of nitrogens with two attached hydrogens (primary N) is 1. The minimum atomic E-state index is 0.0706. The Kier molecular flexibility index (Phi) is 3.50. The van der Waals surface area contributed by atoms with Crippen LogP contribution in [-0.4, -0.2) is 4.98 Å². The maximum absolute atomic E-state index is 5.88. The van der Waals surface area contributed by atoms with Gasteiger partial charge in [0.05, 0.1) is 5.02 Å². The molecule has 0 radical (unpaired) electrons. The summed E-state index contributed by atoms with van der Waals surface area (Å²) in [6.45, 7) is 2.11. The van der Waals surface area contributed by atoms with Gasteiger partial charge in [-0.2, -0.15) is 0 Å². The number of aromatic nitrogens is 1. The lowest BCUT2D eigenvalue weighted by molar-refractivity contribution is 0.636. The van der Waals surface area contributed by atoms with Gasteiger partial charge in [-0.05, 0) is 18.1 Å². The van der Waals surface area contributed by atoms with Crippen molar-refractivity contribution in [2.45, 2.75) is 25.8 Å². The molecule has 1 aromatic heterocycles. The number of halogens is 1. The highest BCUT2D eigenvalue weighted by Gasteiger charge is 2.04. The normalized spacial score (nSPS) is 12.9. The van der Waals surface area contributed by atoms with Crippen molar-refractivity contribution in [2.75, 3.05) is 0 Å². The molecule has 0 saturated heterocycles. The number of hydrogen-bond acceptors (Lipinski definition) is 2. The Balaban J connectivity index is 2.73. The molecule has 2 N–H and O–H groups in total. The first-order chi connectivity index (χ1) is 5.74. The SMILES string of the molecule is CCC[C@H](N)c1cncc(Cl)c1. The number of nitrogens with zero attached hydrogens (tertiary/aromatic N) is 1. The first-order valence-electron chi connectivity index (χ1n) is 4.10. The lowest BCUT2D eigenvalue weighted by Crippen LogP contribution is -2.09. The highest BCUT2D eigenvalue weighted by molar-refractivity contribution is 6.30. The summed E-state index contributed by atoms with van der Waals surface area (Å²) in [5.74, 6) is 0. The van der Waals surface area contributed by atoms with E-state index in [1.807, 2.05) is 6.07 Å². The summed E-state index contributed by atoms with van der Waals surface area (Å²) in [6, 6.07) is 1.94. The van der Waals surface area contributed by atoms with E-state index in [4.69, 9.17) is 17.3 Å². The van der Waals surface area contributed by atoms with Crippen LogP contribution in [0.2, 0.25) is 5.02 Å². The zero-order valence-corrected chi connectivity index (χ0v) is 7.88. The van der Waals surface area contributed by atoms with Gasteiger partial charge in [-0.15, -0.1) is 0 Å². The van der Waals surface area contributed by atoms with Crippen molar-refractivity contribution >= 4 is 11.6 Å². The molecule has 3 heteroatoms. The first kappa shape index (κ1) is 9.49. The van der Waals surface area contributed by atoms with Crippen molar-refractivity contribution in [1.82, 2.24) is 4.98 Å². The second kappa shape index (κ2) is 4.43. The third kappa shape index (κ3) is 2.47. The lowest BCUT2D eigenvalue weighted by Gasteiger charge is -2.09. The van der Waals surface area contributed by atoms with E-state index in [0.29, 0.717) is 5.02 Å². The van der Waals surface area contributed by atoms with E-state index in [9.17, 15) is 0 Å². The van der Waals surface area contributed by atoms with Gasteiger partial charge in [0.1, 0.15) is 0 Å². The average molecular weight is 185 g/mol. The molecule has 1 rings (SSSR count). The Bertz CT molecular complexity index is 250. The highest BCUT2D eigenvalue weighted by atomic mass is 35.5. The molecule has 12 heavy (non-hydrogen) atoms. The quantitative estimate of drug-likeness (QED) is 0.784. The Morgan fingerprint density at radius 1 is 1.58 bits per heavy atom. The van der Waals surface area contributed by atoms with Crippen molar-refractivity contribution < 1.29 is 0 Å². The molecule has 0 fully saturated rings. The molecule has 1 heterocycles. The molecule has 0 amide bonds. The Morgan fingerprint density at radius 3 is 2.92 bits per heavy atom. The predicted octanol–water partition coefficient (Wildman–Crippen LogP) is 2.53. The van der Waals surface area contributed by atoms with Gasteiger partial charge in [-0.3, -0.25) is 4.98 Å². The van der Waals surface area contributed by atoms with Crippen LogP contribution >= 0.6 is 11.6 Å². The van der Waals surface area contributed by atoms with Crippen LogP contribution in [0, 0.1) is 0 Å². The average Bonchev–Trinajstić information content (AvgIpc) is 2.05. The van der Waals surface area contributed by atoms with Crippen LogP contribution in [0.3, 0.4) is 0 Å². The fourth-order valence-electron chi connectivity index (χ4n) is 1.11. The van der Waals surface area contributed by atoms with Crippen LogP contribution in [0.25, 0.3) is 0 Å². The molecule has 0 spiro atoms. The Hall–Kier alpha value is -0.600. The van der Waals surface area contributed by atoms with E-state index in [-0.39, 0.29) is 6.04 Å². The van der Waals surface area contributed by atoms with E-state index < -0.39 is 0 Å². The van der Waals surface area contributed by atoms with Gasteiger partial charge in [-0.25, -0.2) is 0 Å². The molecular formula is C9H13ClN2. The van der Waals surface area contributed by atoms with E-state index >= 15 is 0 Å². The fourth-order valence-corrected chi connectivity index (χ4v) is 1.29. The van der Waals surface area contributed by atoms with E-state index in [0.717, 1.165) is 18.4 Å². The van der Waals surface area contributed by atoms with Crippen LogP contribution < -0.4 is 5.73 Å². The Labute approximate surface area is 77.8 Å². The van der Waals surface area contributed by atoms with E-state index in [1.165, 1.54) is 0 Å². The molecule has 1 atom stereocenters. The minimum Gasteiger partial charge on any atom is -0.324 e. The monoisotopic (exact) mass is 184 g/mol. The number of pyridine rings is 1. The van der Waals surface area contributed by atoms with Gasteiger partial charge in [-0.1, -0.05) is 24.9 Å². The predicted molar refractivity (Wildman–Crippen MR) is 51.1 cm³/mol. The second-order valence-electron chi connectivity index (χ2n) is 2.83. The maximum Gasteiger partial charge on any atom is 0.0592 e. The smallest absolute Gasteiger partial charge is 0.0592 e. The maximum atomic E-state index is 5.88. The van der Waals surface area contributed by atoms with Gasteiger partial charge in [0.25, 0.3) is 0 Å². The Morgan fingerprint density at radius 2 is 2.33 bits per heavy atom. The molecular weight excluding hydrogens is 172 g/mol. The number of rotatable bonds is 3. The van der Waals surface area contributed by atoms with Crippen molar-refractivity contribution in [2.24, 2.45) is 5.73 Å². The summed E-state index contributed by atoms with van der Waals surface area (Å²) in [4.78, 5) is 3.98. The van der Waals surface area contributed by atoms with Crippen LogP contribution in [0.1, 0.15) is 31.4 Å². The van der Waals surface area contributed by atoms with Gasteiger partial charge < -0.3 is 5.73 Å². The third-order valence-corrected chi connectivity index (χ3v) is 1.96. The van der Waals surface area contributed by atoms with Crippen LogP contribution in [-0.2, 0) is 0 Å². The topological polar surface area (TPSA) is 38.9 Å². The molecule has 0 aliphatic carbocycles. The zero-order valence-electron chi connectivity index (χ0n) is 7.13. The fraction of sp³-hybridized carbons (Fsp3) is 0.444. The molecule has 0 bridgehead atoms. The van der Waals surface area contributed by atoms with Crippen LogP contribution in [0.4, 0.5) is 0 Å². The highest BCUT2D eigenvalue weighted by Crippen LogP contribution is 2.17. The molecule has 0 unspecified atom stereocenters. The van der Waals surface area contributed by atoms with Gasteiger partial charge >= 0.3 is 0 Å². The first-order valence-corrected chi connectivity index (χ1v) is 4.48. The van der Waals surface area contributed by atoms with Crippen molar-refractivity contribution in [1.29, 1.82) is 0 Å². The molecule has 2 nitrogen and oxygen atoms in total. The molecule has 0 aliphatic heterocycles. The van der Waals surface area contributed by atoms with Gasteiger partial charge in [0.2, 0.25) is 0 Å². The zero-order chi connectivity index (χ0) is 8.97. The molecule has 0 aliphatic rings. The minimum absolute atomic E-state index is 0.0706. The molecule has 1 aromatic rings. The summed E-state index contributed by atoms with van der Waals surface area (Å²) in [5, 5.41) is 0.652. The standard InChI is InChI=1S/C9H13ClN2/c1-2-3-9(11)7-4-8(10)6-12-5-7/h4-6,9H,2-3,11H2,1H3/t9-/m0/s1. The van der Waals surface area contributed by atoms with E-state index in [1.54, 1.807) is 12.4 Å². The summed E-state index contributed by atoms with van der Waals surface area (Å²) < 4.78 is 0. The molecule has 66 valence electrons. The summed E-state index contributed by atoms with van der Waals surface area (Å²) >= 11 is 5.77. The largest absolute Gasteiger partial charge is 0.324 e. The molecule has 0 aromatic carbocycles. The van der Waals surface area contributed by atoms with Crippen LogP contribution in [0.15, 0.2) is 18.5 Å². The molecule has 0 saturated carbocycles. The van der Waals surface area contributed by atoms with Gasteiger partial charge in [0.15, 0.2) is 0 Å². The summed E-state index contributed by atoms with van der Waals surface area (Å²) in [5.41, 5.74) is 6.89. The van der Waals surface area contributed by atoms with Crippen molar-refractivity contribution in [3.8, 4) is 0 Å². The van der Waals surface area contributed by atoms with E-state index in [2.05, 4.69) is 11.9 Å². The van der Waals surface area contributed by atoms with Gasteiger partial charge in [0, 0.05) is 18.4 Å². The second-order valence-corrected chi connectivity index (χ2v) is 3.27. The summed E-state index contributed by atoms with van der Waals surface area (Å²) in [7, 11) is 0. The van der Waals surface area contributed by atoms with Crippen LogP contribution in [0.5, 0.6) is 0 Å². The van der Waals surface area contributed by atoms with Crippen molar-refractivity contribution in [3.63, 3.8) is 0 Å². The third-order valence-electron chi connectivity index (χ3n) is 1.75. The van der Waals surface area contributed by atoms with Crippen molar-refractivity contribution in [3.05, 3.63) is 29.0 Å². The lowest BCUT2D eigenvalue weighted by atomic mass is 10.1.